The second kappa shape index (κ2) is 8.17. The summed E-state index contributed by atoms with van der Waals surface area (Å²) in [5, 5.41) is 4.94. The molecule has 2 atom stereocenters. The van der Waals surface area contributed by atoms with E-state index in [1.54, 1.807) is 23.6 Å². The number of rotatable bonds is 5. The summed E-state index contributed by atoms with van der Waals surface area (Å²) in [7, 11) is 0. The van der Waals surface area contributed by atoms with Gasteiger partial charge in [-0.25, -0.2) is 4.98 Å². The van der Waals surface area contributed by atoms with Crippen LogP contribution in [0.2, 0.25) is 0 Å². The highest BCUT2D eigenvalue weighted by Gasteiger charge is 2.44. The molecule has 1 N–H and O–H groups in total. The van der Waals surface area contributed by atoms with Gasteiger partial charge < -0.3 is 10.2 Å². The molecule has 148 valence electrons. The molecule has 6 heteroatoms. The van der Waals surface area contributed by atoms with E-state index in [4.69, 9.17) is 0 Å². The van der Waals surface area contributed by atoms with E-state index in [0.29, 0.717) is 17.9 Å². The summed E-state index contributed by atoms with van der Waals surface area (Å²) in [5.74, 6) is 0.104. The normalized spacial score (nSPS) is 18.6. The molecule has 1 aliphatic rings. The third kappa shape index (κ3) is 3.80. The van der Waals surface area contributed by atoms with Gasteiger partial charge in [-0.15, -0.1) is 11.3 Å². The highest BCUT2D eigenvalue weighted by molar-refractivity contribution is 7.10. The molecule has 3 heterocycles. The molecule has 1 aliphatic heterocycles. The minimum Gasteiger partial charge on any atom is -0.329 e. The van der Waals surface area contributed by atoms with E-state index in [1.165, 1.54) is 0 Å². The zero-order valence-electron chi connectivity index (χ0n) is 16.4. The van der Waals surface area contributed by atoms with Crippen molar-refractivity contribution in [2.24, 2.45) is 5.92 Å². The fourth-order valence-electron chi connectivity index (χ4n) is 3.89. The Morgan fingerprint density at radius 3 is 2.62 bits per heavy atom. The maximum atomic E-state index is 13.5. The van der Waals surface area contributed by atoms with Gasteiger partial charge in [0.25, 0.3) is 5.91 Å². The first-order chi connectivity index (χ1) is 14.1. The van der Waals surface area contributed by atoms with E-state index in [9.17, 15) is 9.59 Å². The molecular formula is C23H23N3O2S. The Morgan fingerprint density at radius 1 is 1.14 bits per heavy atom. The van der Waals surface area contributed by atoms with Gasteiger partial charge in [0, 0.05) is 23.2 Å². The topological polar surface area (TPSA) is 62.3 Å². The van der Waals surface area contributed by atoms with Gasteiger partial charge in [-0.05, 0) is 41.1 Å². The number of benzene rings is 1. The van der Waals surface area contributed by atoms with E-state index in [-0.39, 0.29) is 23.8 Å². The molecule has 0 unspecified atom stereocenters. The van der Waals surface area contributed by atoms with E-state index >= 15 is 0 Å². The average Bonchev–Trinajstić information content (AvgIpc) is 3.24. The molecule has 3 aromatic rings. The van der Waals surface area contributed by atoms with Gasteiger partial charge in [-0.1, -0.05) is 44.2 Å². The maximum absolute atomic E-state index is 13.5. The van der Waals surface area contributed by atoms with Crippen molar-refractivity contribution in [2.75, 3.05) is 11.9 Å². The third-order valence-electron chi connectivity index (χ3n) is 5.03. The van der Waals surface area contributed by atoms with Crippen LogP contribution in [0.1, 0.15) is 46.6 Å². The summed E-state index contributed by atoms with van der Waals surface area (Å²) >= 11 is 1.57. The van der Waals surface area contributed by atoms with Crippen LogP contribution >= 0.6 is 11.3 Å². The van der Waals surface area contributed by atoms with Gasteiger partial charge in [-0.3, -0.25) is 9.59 Å². The van der Waals surface area contributed by atoms with Crippen LogP contribution in [0.25, 0.3) is 0 Å². The fourth-order valence-corrected chi connectivity index (χ4v) is 4.76. The number of thiophene rings is 1. The summed E-state index contributed by atoms with van der Waals surface area (Å²) < 4.78 is 0. The summed E-state index contributed by atoms with van der Waals surface area (Å²) in [6, 6.07) is 16.5. The molecule has 0 saturated carbocycles. The second-order valence-electron chi connectivity index (χ2n) is 7.58. The highest BCUT2D eigenvalue weighted by Crippen LogP contribution is 2.44. The number of carbonyl (C=O) groups excluding carboxylic acids is 2. The van der Waals surface area contributed by atoms with Crippen molar-refractivity contribution in [3.05, 3.63) is 82.2 Å². The van der Waals surface area contributed by atoms with Crippen LogP contribution < -0.4 is 5.32 Å². The first-order valence-corrected chi connectivity index (χ1v) is 10.6. The lowest BCUT2D eigenvalue weighted by atomic mass is 9.81. The lowest BCUT2D eigenvalue weighted by Crippen LogP contribution is -2.47. The molecular weight excluding hydrogens is 382 g/mol. The summed E-state index contributed by atoms with van der Waals surface area (Å²) in [5.41, 5.74) is 1.37. The molecule has 1 aromatic carbocycles. The number of aromatic nitrogens is 1. The number of carbonyl (C=O) groups is 2. The molecule has 0 spiro atoms. The number of hydrogen-bond donors (Lipinski definition) is 1. The van der Waals surface area contributed by atoms with Crippen LogP contribution in [-0.4, -0.2) is 28.2 Å². The van der Waals surface area contributed by atoms with E-state index in [2.05, 4.69) is 24.1 Å². The Labute approximate surface area is 174 Å². The van der Waals surface area contributed by atoms with Crippen LogP contribution in [0.4, 0.5) is 5.82 Å². The Balaban J connectivity index is 1.82. The fraction of sp³-hybridized carbons (Fsp3) is 0.261. The number of nitrogens with one attached hydrogen (secondary N) is 1. The molecule has 0 aliphatic carbocycles. The van der Waals surface area contributed by atoms with Gasteiger partial charge >= 0.3 is 0 Å². The van der Waals surface area contributed by atoms with E-state index < -0.39 is 5.92 Å². The molecule has 0 fully saturated rings. The molecule has 2 amide bonds. The first kappa shape index (κ1) is 19.3. The number of amides is 2. The highest BCUT2D eigenvalue weighted by atomic mass is 32.1. The summed E-state index contributed by atoms with van der Waals surface area (Å²) in [6.45, 7) is 4.76. The van der Waals surface area contributed by atoms with Crippen molar-refractivity contribution in [1.82, 2.24) is 9.88 Å². The molecule has 0 radical (unpaired) electrons. The predicted octanol–water partition coefficient (Wildman–Crippen LogP) is 4.72. The zero-order chi connectivity index (χ0) is 20.4. The number of hydrogen-bond acceptors (Lipinski definition) is 4. The maximum Gasteiger partial charge on any atom is 0.254 e. The van der Waals surface area contributed by atoms with Crippen molar-refractivity contribution in [2.45, 2.75) is 25.8 Å². The summed E-state index contributed by atoms with van der Waals surface area (Å²) in [6.07, 6.45) is 1.65. The minimum atomic E-state index is -0.511. The van der Waals surface area contributed by atoms with Crippen molar-refractivity contribution in [1.29, 1.82) is 0 Å². The second-order valence-corrected chi connectivity index (χ2v) is 8.56. The van der Waals surface area contributed by atoms with Crippen molar-refractivity contribution < 1.29 is 9.59 Å². The Kier molecular flexibility index (Phi) is 5.45. The molecule has 5 nitrogen and oxygen atoms in total. The number of nitrogens with zero attached hydrogens (tertiary/aromatic N) is 2. The van der Waals surface area contributed by atoms with Gasteiger partial charge in [0.1, 0.15) is 5.82 Å². The quantitative estimate of drug-likeness (QED) is 0.668. The van der Waals surface area contributed by atoms with Crippen LogP contribution in [0.3, 0.4) is 0 Å². The molecule has 2 aromatic heterocycles. The predicted molar refractivity (Wildman–Crippen MR) is 115 cm³/mol. The largest absolute Gasteiger partial charge is 0.329 e. The monoisotopic (exact) mass is 405 g/mol. The van der Waals surface area contributed by atoms with Gasteiger partial charge in [0.15, 0.2) is 0 Å². The lowest BCUT2D eigenvalue weighted by Gasteiger charge is -2.41. The SMILES string of the molecule is CC(C)CN1C(=O)c2ccccc2[C@H](C(=O)Nc2ccccn2)[C@H]1c1cccs1. The third-order valence-corrected chi connectivity index (χ3v) is 5.98. The van der Waals surface area contributed by atoms with E-state index in [0.717, 1.165) is 10.4 Å². The van der Waals surface area contributed by atoms with Crippen molar-refractivity contribution in [3.63, 3.8) is 0 Å². The summed E-state index contributed by atoms with van der Waals surface area (Å²) in [4.78, 5) is 34.0. The van der Waals surface area contributed by atoms with Crippen molar-refractivity contribution >= 4 is 29.0 Å². The Hall–Kier alpha value is -2.99. The Bertz CT molecular complexity index is 1000. The lowest BCUT2D eigenvalue weighted by molar-refractivity contribution is -0.119. The minimum absolute atomic E-state index is 0.0189. The molecule has 0 saturated heterocycles. The van der Waals surface area contributed by atoms with Gasteiger partial charge in [-0.2, -0.15) is 0 Å². The number of pyridine rings is 1. The van der Waals surface area contributed by atoms with Crippen LogP contribution in [0.15, 0.2) is 66.2 Å². The van der Waals surface area contributed by atoms with Crippen LogP contribution in [0, 0.1) is 5.92 Å². The number of anilines is 1. The zero-order valence-corrected chi connectivity index (χ0v) is 17.2. The molecule has 4 rings (SSSR count). The smallest absolute Gasteiger partial charge is 0.254 e. The van der Waals surface area contributed by atoms with Crippen LogP contribution in [-0.2, 0) is 4.79 Å². The number of fused-ring (bicyclic) bond motifs is 1. The van der Waals surface area contributed by atoms with E-state index in [1.807, 2.05) is 58.8 Å². The Morgan fingerprint density at radius 2 is 1.93 bits per heavy atom. The first-order valence-electron chi connectivity index (χ1n) is 9.71. The van der Waals surface area contributed by atoms with Gasteiger partial charge in [0.2, 0.25) is 5.91 Å². The molecule has 0 bridgehead atoms. The average molecular weight is 406 g/mol. The van der Waals surface area contributed by atoms with Crippen LogP contribution in [0.5, 0.6) is 0 Å². The van der Waals surface area contributed by atoms with Gasteiger partial charge in [0.05, 0.1) is 12.0 Å². The van der Waals surface area contributed by atoms with Crippen molar-refractivity contribution in [3.8, 4) is 0 Å². The molecule has 29 heavy (non-hydrogen) atoms. The standard InChI is InChI=1S/C23H23N3O2S/c1-15(2)14-26-21(18-10-7-13-29-18)20(16-8-3-4-9-17(16)23(26)28)22(27)25-19-11-5-6-12-24-19/h3-13,15,20-21H,14H2,1-2H3,(H,24,25,27)/t20-,21+/m0/s1.